The molecule has 6 nitrogen and oxygen atoms in total. The zero-order chi connectivity index (χ0) is 17.4. The highest BCUT2D eigenvalue weighted by Gasteiger charge is 2.08. The van der Waals surface area contributed by atoms with Gasteiger partial charge in [-0.2, -0.15) is 0 Å². The highest BCUT2D eigenvalue weighted by Crippen LogP contribution is 2.14. The second-order valence-corrected chi connectivity index (χ2v) is 4.96. The number of hydrogen-bond donors (Lipinski definition) is 2. The molecule has 0 saturated carbocycles. The second kappa shape index (κ2) is 8.57. The van der Waals surface area contributed by atoms with Crippen molar-refractivity contribution in [1.29, 1.82) is 0 Å². The summed E-state index contributed by atoms with van der Waals surface area (Å²) in [5, 5.41) is 5.40. The first kappa shape index (κ1) is 17.3. The van der Waals surface area contributed by atoms with Crippen LogP contribution < -0.4 is 15.4 Å². The Kier molecular flexibility index (Phi) is 6.19. The van der Waals surface area contributed by atoms with Gasteiger partial charge in [-0.3, -0.25) is 10.1 Å². The van der Waals surface area contributed by atoms with Crippen LogP contribution in [0.3, 0.4) is 0 Å². The molecule has 0 aromatic heterocycles. The molecule has 2 rings (SSSR count). The van der Waals surface area contributed by atoms with Crippen molar-refractivity contribution in [3.63, 3.8) is 0 Å². The van der Waals surface area contributed by atoms with Crippen molar-refractivity contribution in [1.82, 2.24) is 5.32 Å². The van der Waals surface area contributed by atoms with Crippen LogP contribution in [0.2, 0.25) is 0 Å². The molecule has 0 aliphatic carbocycles. The topological polar surface area (TPSA) is 76.7 Å². The molecular weight excluding hydrogens is 308 g/mol. The van der Waals surface area contributed by atoms with Crippen molar-refractivity contribution < 1.29 is 19.1 Å². The molecule has 0 unspecified atom stereocenters. The maximum atomic E-state index is 12.2. The van der Waals surface area contributed by atoms with E-state index in [1.165, 1.54) is 0 Å². The Morgan fingerprint density at radius 3 is 2.62 bits per heavy atom. The van der Waals surface area contributed by atoms with Gasteiger partial charge in [-0.05, 0) is 42.8 Å². The molecule has 0 radical (unpaired) electrons. The molecule has 0 atom stereocenters. The first-order chi connectivity index (χ1) is 11.6. The van der Waals surface area contributed by atoms with Crippen LogP contribution in [0.1, 0.15) is 22.8 Å². The summed E-state index contributed by atoms with van der Waals surface area (Å²) < 4.78 is 9.96. The standard InChI is InChI=1S/C18H20N2O4/c1-3-24-18(22)20-15-8-5-7-14(11-15)17(21)19-12-13-6-4-9-16(10-13)23-2/h4-11H,3,12H2,1-2H3,(H,19,21)(H,20,22). The average molecular weight is 328 g/mol. The molecule has 0 fully saturated rings. The number of hydrogen-bond acceptors (Lipinski definition) is 4. The summed E-state index contributed by atoms with van der Waals surface area (Å²) in [6.45, 7) is 2.39. The maximum Gasteiger partial charge on any atom is 0.411 e. The van der Waals surface area contributed by atoms with Gasteiger partial charge in [0.2, 0.25) is 0 Å². The monoisotopic (exact) mass is 328 g/mol. The highest BCUT2D eigenvalue weighted by molar-refractivity contribution is 5.96. The maximum absolute atomic E-state index is 12.2. The van der Waals surface area contributed by atoms with E-state index >= 15 is 0 Å². The third kappa shape index (κ3) is 5.01. The van der Waals surface area contributed by atoms with E-state index in [-0.39, 0.29) is 12.5 Å². The SMILES string of the molecule is CCOC(=O)Nc1cccc(C(=O)NCc2cccc(OC)c2)c1. The van der Waals surface area contributed by atoms with Crippen molar-refractivity contribution in [3.05, 3.63) is 59.7 Å². The summed E-state index contributed by atoms with van der Waals surface area (Å²) in [5.41, 5.74) is 1.89. The molecule has 0 saturated heterocycles. The van der Waals surface area contributed by atoms with Crippen LogP contribution in [0.4, 0.5) is 10.5 Å². The molecule has 2 N–H and O–H groups in total. The fourth-order valence-electron chi connectivity index (χ4n) is 2.09. The van der Waals surface area contributed by atoms with Gasteiger partial charge in [0.05, 0.1) is 13.7 Å². The number of nitrogens with one attached hydrogen (secondary N) is 2. The van der Waals surface area contributed by atoms with E-state index in [4.69, 9.17) is 9.47 Å². The first-order valence-electron chi connectivity index (χ1n) is 7.57. The summed E-state index contributed by atoms with van der Waals surface area (Å²) in [6.07, 6.45) is -0.550. The summed E-state index contributed by atoms with van der Waals surface area (Å²) in [4.78, 5) is 23.7. The van der Waals surface area contributed by atoms with E-state index in [0.29, 0.717) is 17.8 Å². The van der Waals surface area contributed by atoms with Crippen LogP contribution in [-0.4, -0.2) is 25.7 Å². The molecule has 6 heteroatoms. The molecule has 2 amide bonds. The van der Waals surface area contributed by atoms with E-state index < -0.39 is 6.09 Å². The van der Waals surface area contributed by atoms with Gasteiger partial charge in [0.1, 0.15) is 5.75 Å². The lowest BCUT2D eigenvalue weighted by Crippen LogP contribution is -2.23. The fourth-order valence-corrected chi connectivity index (χ4v) is 2.09. The first-order valence-corrected chi connectivity index (χ1v) is 7.57. The Bertz CT molecular complexity index is 716. The molecular formula is C18H20N2O4. The van der Waals surface area contributed by atoms with Gasteiger partial charge in [0, 0.05) is 17.8 Å². The number of rotatable bonds is 6. The predicted octanol–water partition coefficient (Wildman–Crippen LogP) is 3.19. The minimum atomic E-state index is -0.550. The van der Waals surface area contributed by atoms with Gasteiger partial charge in [-0.25, -0.2) is 4.79 Å². The number of carbonyl (C=O) groups is 2. The highest BCUT2D eigenvalue weighted by atomic mass is 16.5. The molecule has 0 aliphatic rings. The fraction of sp³-hybridized carbons (Fsp3) is 0.222. The number of benzene rings is 2. The van der Waals surface area contributed by atoms with E-state index in [1.54, 1.807) is 38.3 Å². The lowest BCUT2D eigenvalue weighted by molar-refractivity contribution is 0.0950. The van der Waals surface area contributed by atoms with Gasteiger partial charge in [-0.15, -0.1) is 0 Å². The number of amides is 2. The lowest BCUT2D eigenvalue weighted by atomic mass is 10.1. The van der Waals surface area contributed by atoms with Crippen LogP contribution in [0.25, 0.3) is 0 Å². The molecule has 24 heavy (non-hydrogen) atoms. The van der Waals surface area contributed by atoms with Gasteiger partial charge in [-0.1, -0.05) is 18.2 Å². The summed E-state index contributed by atoms with van der Waals surface area (Å²) in [6, 6.07) is 14.1. The zero-order valence-electron chi connectivity index (χ0n) is 13.7. The van der Waals surface area contributed by atoms with Crippen molar-refractivity contribution in [2.45, 2.75) is 13.5 Å². The lowest BCUT2D eigenvalue weighted by Gasteiger charge is -2.09. The smallest absolute Gasteiger partial charge is 0.411 e. The number of anilines is 1. The van der Waals surface area contributed by atoms with Gasteiger partial charge in [0.25, 0.3) is 5.91 Å². The average Bonchev–Trinajstić information content (AvgIpc) is 2.60. The zero-order valence-corrected chi connectivity index (χ0v) is 13.7. The Morgan fingerprint density at radius 2 is 1.88 bits per heavy atom. The second-order valence-electron chi connectivity index (χ2n) is 4.96. The number of ether oxygens (including phenoxy) is 2. The van der Waals surface area contributed by atoms with Crippen LogP contribution in [0, 0.1) is 0 Å². The van der Waals surface area contributed by atoms with Crippen LogP contribution in [0.5, 0.6) is 5.75 Å². The Labute approximate surface area is 140 Å². The van der Waals surface area contributed by atoms with Gasteiger partial charge in [0.15, 0.2) is 0 Å². The predicted molar refractivity (Wildman–Crippen MR) is 91.3 cm³/mol. The molecule has 0 aliphatic heterocycles. The number of methoxy groups -OCH3 is 1. The van der Waals surface area contributed by atoms with Gasteiger partial charge < -0.3 is 14.8 Å². The molecule has 2 aromatic carbocycles. The third-order valence-electron chi connectivity index (χ3n) is 3.23. The number of carbonyl (C=O) groups excluding carboxylic acids is 2. The molecule has 2 aromatic rings. The van der Waals surface area contributed by atoms with Crippen molar-refractivity contribution in [3.8, 4) is 5.75 Å². The van der Waals surface area contributed by atoms with Crippen LogP contribution >= 0.6 is 0 Å². The van der Waals surface area contributed by atoms with E-state index in [1.807, 2.05) is 24.3 Å². The summed E-state index contributed by atoms with van der Waals surface area (Å²) in [5.74, 6) is 0.507. The van der Waals surface area contributed by atoms with Crippen molar-refractivity contribution >= 4 is 17.7 Å². The minimum absolute atomic E-state index is 0.231. The summed E-state index contributed by atoms with van der Waals surface area (Å²) >= 11 is 0. The van der Waals surface area contributed by atoms with E-state index in [2.05, 4.69) is 10.6 Å². The molecule has 0 bridgehead atoms. The minimum Gasteiger partial charge on any atom is -0.497 e. The van der Waals surface area contributed by atoms with Crippen molar-refractivity contribution in [2.24, 2.45) is 0 Å². The van der Waals surface area contributed by atoms with E-state index in [9.17, 15) is 9.59 Å². The Morgan fingerprint density at radius 1 is 1.08 bits per heavy atom. The Balaban J connectivity index is 1.97. The molecule has 126 valence electrons. The third-order valence-corrected chi connectivity index (χ3v) is 3.23. The Hall–Kier alpha value is -3.02. The molecule has 0 heterocycles. The summed E-state index contributed by atoms with van der Waals surface area (Å²) in [7, 11) is 1.60. The quantitative estimate of drug-likeness (QED) is 0.854. The van der Waals surface area contributed by atoms with E-state index in [0.717, 1.165) is 11.3 Å². The largest absolute Gasteiger partial charge is 0.497 e. The molecule has 0 spiro atoms. The normalized spacial score (nSPS) is 9.92. The van der Waals surface area contributed by atoms with Crippen LogP contribution in [0.15, 0.2) is 48.5 Å². The van der Waals surface area contributed by atoms with Crippen molar-refractivity contribution in [2.75, 3.05) is 19.0 Å². The van der Waals surface area contributed by atoms with Crippen LogP contribution in [-0.2, 0) is 11.3 Å². The van der Waals surface area contributed by atoms with Gasteiger partial charge >= 0.3 is 6.09 Å².